The van der Waals surface area contributed by atoms with Crippen LogP contribution in [0.3, 0.4) is 0 Å². The van der Waals surface area contributed by atoms with E-state index >= 15 is 0 Å². The van der Waals surface area contributed by atoms with Crippen molar-refractivity contribution in [1.82, 2.24) is 0 Å². The fourth-order valence-corrected chi connectivity index (χ4v) is 3.95. The minimum Gasteiger partial charge on any atom is -0.493 e. The molecule has 2 fully saturated rings. The maximum absolute atomic E-state index is 12.5. The lowest BCUT2D eigenvalue weighted by atomic mass is 10.1. The molecule has 2 aromatic carbocycles. The Labute approximate surface area is 170 Å². The van der Waals surface area contributed by atoms with E-state index < -0.39 is 5.97 Å². The van der Waals surface area contributed by atoms with E-state index in [1.807, 2.05) is 24.3 Å². The molecule has 0 radical (unpaired) electrons. The first-order chi connectivity index (χ1) is 14.1. The van der Waals surface area contributed by atoms with Gasteiger partial charge in [0.15, 0.2) is 0 Å². The van der Waals surface area contributed by atoms with Crippen molar-refractivity contribution >= 4 is 17.6 Å². The number of rotatable bonds is 7. The van der Waals surface area contributed by atoms with E-state index in [2.05, 4.69) is 0 Å². The average molecular weight is 395 g/mol. The van der Waals surface area contributed by atoms with Gasteiger partial charge in [0.1, 0.15) is 11.5 Å². The third kappa shape index (κ3) is 4.70. The standard InChI is InChI=1S/C23H25NO5/c25-22-13-16(15-28-19-9-5-17(6-10-19)23(26)27)14-24(22)18-7-11-21(12-8-18)29-20-3-1-2-4-20/h5-12,16,20H,1-4,13-15H2,(H,26,27). The second-order valence-corrected chi connectivity index (χ2v) is 7.73. The summed E-state index contributed by atoms with van der Waals surface area (Å²) < 4.78 is 11.8. The zero-order valence-electron chi connectivity index (χ0n) is 16.3. The number of carboxylic acid groups (broad SMARTS) is 1. The number of carbonyl (C=O) groups is 2. The minimum atomic E-state index is -0.965. The van der Waals surface area contributed by atoms with Crippen LogP contribution in [0.25, 0.3) is 0 Å². The molecule has 1 saturated heterocycles. The summed E-state index contributed by atoms with van der Waals surface area (Å²) >= 11 is 0. The monoisotopic (exact) mass is 395 g/mol. The van der Waals surface area contributed by atoms with Gasteiger partial charge >= 0.3 is 5.97 Å². The molecule has 1 heterocycles. The average Bonchev–Trinajstić information content (AvgIpc) is 3.37. The summed E-state index contributed by atoms with van der Waals surface area (Å²) in [6, 6.07) is 14.1. The van der Waals surface area contributed by atoms with Gasteiger partial charge in [0, 0.05) is 24.6 Å². The van der Waals surface area contributed by atoms with Crippen molar-refractivity contribution in [2.75, 3.05) is 18.1 Å². The number of hydrogen-bond donors (Lipinski definition) is 1. The first-order valence-electron chi connectivity index (χ1n) is 10.1. The molecule has 1 saturated carbocycles. The smallest absolute Gasteiger partial charge is 0.335 e. The molecule has 6 heteroatoms. The molecule has 6 nitrogen and oxygen atoms in total. The quantitative estimate of drug-likeness (QED) is 0.763. The van der Waals surface area contributed by atoms with Gasteiger partial charge in [-0.05, 0) is 74.2 Å². The first kappa shape index (κ1) is 19.3. The fourth-order valence-electron chi connectivity index (χ4n) is 3.95. The van der Waals surface area contributed by atoms with E-state index in [0.29, 0.717) is 31.4 Å². The van der Waals surface area contributed by atoms with Crippen LogP contribution in [0.15, 0.2) is 48.5 Å². The molecule has 1 atom stereocenters. The van der Waals surface area contributed by atoms with Crippen molar-refractivity contribution in [1.29, 1.82) is 0 Å². The number of benzene rings is 2. The van der Waals surface area contributed by atoms with Crippen molar-refractivity contribution in [2.24, 2.45) is 5.92 Å². The maximum Gasteiger partial charge on any atom is 0.335 e. The molecule has 0 aromatic heterocycles. The van der Waals surface area contributed by atoms with Gasteiger partial charge in [-0.1, -0.05) is 0 Å². The molecular formula is C23H25NO5. The van der Waals surface area contributed by atoms with E-state index in [1.165, 1.54) is 25.0 Å². The zero-order valence-corrected chi connectivity index (χ0v) is 16.3. The molecule has 1 aliphatic heterocycles. The summed E-state index contributed by atoms with van der Waals surface area (Å²) in [6.07, 6.45) is 5.46. The molecule has 1 aliphatic carbocycles. The van der Waals surface area contributed by atoms with Gasteiger partial charge in [0.2, 0.25) is 5.91 Å². The first-order valence-corrected chi connectivity index (χ1v) is 10.1. The second-order valence-electron chi connectivity index (χ2n) is 7.73. The number of ether oxygens (including phenoxy) is 2. The molecule has 1 amide bonds. The summed E-state index contributed by atoms with van der Waals surface area (Å²) in [7, 11) is 0. The van der Waals surface area contributed by atoms with Crippen LogP contribution in [0, 0.1) is 5.92 Å². The Hall–Kier alpha value is -3.02. The van der Waals surface area contributed by atoms with Crippen LogP contribution in [0.4, 0.5) is 5.69 Å². The fraction of sp³-hybridized carbons (Fsp3) is 0.391. The molecule has 2 aromatic rings. The molecule has 0 bridgehead atoms. The predicted octanol–water partition coefficient (Wildman–Crippen LogP) is 4.14. The number of carboxylic acids is 1. The summed E-state index contributed by atoms with van der Waals surface area (Å²) in [5.41, 5.74) is 1.10. The lowest BCUT2D eigenvalue weighted by molar-refractivity contribution is -0.117. The number of anilines is 1. The van der Waals surface area contributed by atoms with E-state index in [4.69, 9.17) is 14.6 Å². The Morgan fingerprint density at radius 2 is 1.66 bits per heavy atom. The van der Waals surface area contributed by atoms with E-state index in [-0.39, 0.29) is 17.4 Å². The van der Waals surface area contributed by atoms with E-state index in [0.717, 1.165) is 24.3 Å². The largest absolute Gasteiger partial charge is 0.493 e. The molecule has 152 valence electrons. The van der Waals surface area contributed by atoms with Gasteiger partial charge < -0.3 is 19.5 Å². The molecule has 4 rings (SSSR count). The number of nitrogens with zero attached hydrogens (tertiary/aromatic N) is 1. The maximum atomic E-state index is 12.5. The number of carbonyl (C=O) groups excluding carboxylic acids is 1. The topological polar surface area (TPSA) is 76.1 Å². The van der Waals surface area contributed by atoms with E-state index in [1.54, 1.807) is 17.0 Å². The SMILES string of the molecule is O=C(O)c1ccc(OCC2CC(=O)N(c3ccc(OC4CCCC4)cc3)C2)cc1. The molecule has 2 aliphatic rings. The van der Waals surface area contributed by atoms with Gasteiger partial charge in [0.05, 0.1) is 18.3 Å². The molecule has 1 unspecified atom stereocenters. The van der Waals surface area contributed by atoms with Gasteiger partial charge in [-0.2, -0.15) is 0 Å². The lowest BCUT2D eigenvalue weighted by Crippen LogP contribution is -2.25. The summed E-state index contributed by atoms with van der Waals surface area (Å²) in [6.45, 7) is 1.02. The third-order valence-electron chi connectivity index (χ3n) is 5.55. The highest BCUT2D eigenvalue weighted by atomic mass is 16.5. The van der Waals surface area contributed by atoms with Crippen molar-refractivity contribution in [3.8, 4) is 11.5 Å². The van der Waals surface area contributed by atoms with Crippen LogP contribution in [-0.4, -0.2) is 36.2 Å². The second kappa shape index (κ2) is 8.55. The van der Waals surface area contributed by atoms with Gasteiger partial charge in [-0.15, -0.1) is 0 Å². The molecule has 0 spiro atoms. The number of aromatic carboxylic acids is 1. The van der Waals surface area contributed by atoms with Crippen LogP contribution in [0.1, 0.15) is 42.5 Å². The minimum absolute atomic E-state index is 0.0873. The van der Waals surface area contributed by atoms with Gasteiger partial charge in [-0.3, -0.25) is 4.79 Å². The molecular weight excluding hydrogens is 370 g/mol. The van der Waals surface area contributed by atoms with Crippen molar-refractivity contribution in [3.63, 3.8) is 0 Å². The van der Waals surface area contributed by atoms with Crippen LogP contribution < -0.4 is 14.4 Å². The summed E-state index contributed by atoms with van der Waals surface area (Å²) in [5.74, 6) is 0.680. The Morgan fingerprint density at radius 1 is 1.00 bits per heavy atom. The summed E-state index contributed by atoms with van der Waals surface area (Å²) in [4.78, 5) is 25.1. The van der Waals surface area contributed by atoms with Crippen molar-refractivity contribution < 1.29 is 24.2 Å². The molecule has 1 N–H and O–H groups in total. The Balaban J connectivity index is 1.31. The summed E-state index contributed by atoms with van der Waals surface area (Å²) in [5, 5.41) is 8.94. The lowest BCUT2D eigenvalue weighted by Gasteiger charge is -2.18. The van der Waals surface area contributed by atoms with Crippen LogP contribution in [-0.2, 0) is 4.79 Å². The highest BCUT2D eigenvalue weighted by molar-refractivity contribution is 5.95. The number of hydrogen-bond acceptors (Lipinski definition) is 4. The van der Waals surface area contributed by atoms with Gasteiger partial charge in [-0.25, -0.2) is 4.79 Å². The highest BCUT2D eigenvalue weighted by Gasteiger charge is 2.31. The Kier molecular flexibility index (Phi) is 5.69. The third-order valence-corrected chi connectivity index (χ3v) is 5.55. The van der Waals surface area contributed by atoms with Crippen LogP contribution in [0.5, 0.6) is 11.5 Å². The van der Waals surface area contributed by atoms with Crippen LogP contribution in [0.2, 0.25) is 0 Å². The zero-order chi connectivity index (χ0) is 20.2. The van der Waals surface area contributed by atoms with Crippen molar-refractivity contribution in [2.45, 2.75) is 38.2 Å². The Morgan fingerprint density at radius 3 is 2.31 bits per heavy atom. The van der Waals surface area contributed by atoms with Crippen molar-refractivity contribution in [3.05, 3.63) is 54.1 Å². The van der Waals surface area contributed by atoms with Crippen LogP contribution >= 0.6 is 0 Å². The number of amides is 1. The highest BCUT2D eigenvalue weighted by Crippen LogP contribution is 2.29. The normalized spacial score (nSPS) is 19.5. The predicted molar refractivity (Wildman–Crippen MR) is 109 cm³/mol. The molecule has 29 heavy (non-hydrogen) atoms. The van der Waals surface area contributed by atoms with E-state index in [9.17, 15) is 9.59 Å². The van der Waals surface area contributed by atoms with Gasteiger partial charge in [0.25, 0.3) is 0 Å². The Bertz CT molecular complexity index is 856.